The van der Waals surface area contributed by atoms with E-state index in [4.69, 9.17) is 0 Å². The molecule has 4 heteroatoms. The van der Waals surface area contributed by atoms with E-state index < -0.39 is 0 Å². The van der Waals surface area contributed by atoms with Gasteiger partial charge in [0, 0.05) is 12.6 Å². The predicted molar refractivity (Wildman–Crippen MR) is 79.4 cm³/mol. The van der Waals surface area contributed by atoms with Gasteiger partial charge in [-0.15, -0.1) is 0 Å². The van der Waals surface area contributed by atoms with Crippen molar-refractivity contribution in [3.63, 3.8) is 0 Å². The van der Waals surface area contributed by atoms with E-state index in [2.05, 4.69) is 23.3 Å². The lowest BCUT2D eigenvalue weighted by atomic mass is 10.1. The second kappa shape index (κ2) is 7.20. The Hall–Kier alpha value is -1.68. The molecule has 1 atom stereocenters. The van der Waals surface area contributed by atoms with Gasteiger partial charge in [-0.2, -0.15) is 0 Å². The van der Waals surface area contributed by atoms with Crippen molar-refractivity contribution < 1.29 is 9.90 Å². The first-order valence-electron chi connectivity index (χ1n) is 7.28. The van der Waals surface area contributed by atoms with E-state index in [0.29, 0.717) is 12.2 Å². The van der Waals surface area contributed by atoms with Crippen molar-refractivity contribution in [2.75, 3.05) is 5.32 Å². The number of aliphatic hydroxyl groups is 1. The third-order valence-electron chi connectivity index (χ3n) is 3.62. The van der Waals surface area contributed by atoms with Crippen molar-refractivity contribution in [3.05, 3.63) is 35.5 Å². The lowest BCUT2D eigenvalue weighted by molar-refractivity contribution is -0.115. The minimum Gasteiger partial charge on any atom is -0.393 e. The first-order valence-corrected chi connectivity index (χ1v) is 7.28. The van der Waals surface area contributed by atoms with Crippen LogP contribution in [0.5, 0.6) is 0 Å². The van der Waals surface area contributed by atoms with Crippen molar-refractivity contribution in [3.8, 4) is 0 Å². The van der Waals surface area contributed by atoms with Crippen LogP contribution in [0.1, 0.15) is 44.6 Å². The zero-order chi connectivity index (χ0) is 14.4. The number of pyridine rings is 1. The van der Waals surface area contributed by atoms with Crippen LogP contribution in [0, 0.1) is 0 Å². The fraction of sp³-hybridized carbons (Fsp3) is 0.500. The standard InChI is InChI=1S/C16H22N2O2/c1-2-12-7-9-15(17-11-12)18-16(20)10-13-4-3-5-14(19)8-6-13/h4,7,9,11,14,19H,2-3,5-6,8,10H2,1H3,(H,17,18,20)/t14-/m0/s1. The van der Waals surface area contributed by atoms with Crippen molar-refractivity contribution >= 4 is 11.7 Å². The molecule has 0 unspecified atom stereocenters. The summed E-state index contributed by atoms with van der Waals surface area (Å²) in [5.74, 6) is 0.561. The zero-order valence-electron chi connectivity index (χ0n) is 11.9. The molecule has 0 spiro atoms. The Morgan fingerprint density at radius 2 is 2.30 bits per heavy atom. The molecule has 2 rings (SSSR count). The highest BCUT2D eigenvalue weighted by atomic mass is 16.3. The Bertz CT molecular complexity index is 480. The summed E-state index contributed by atoms with van der Waals surface area (Å²) >= 11 is 0. The predicted octanol–water partition coefficient (Wildman–Crippen LogP) is 2.83. The Morgan fingerprint density at radius 1 is 1.45 bits per heavy atom. The normalized spacial score (nSPS) is 19.1. The highest BCUT2D eigenvalue weighted by molar-refractivity contribution is 5.91. The molecule has 1 aromatic heterocycles. The molecule has 0 saturated carbocycles. The van der Waals surface area contributed by atoms with Crippen molar-refractivity contribution in [1.82, 2.24) is 4.98 Å². The minimum atomic E-state index is -0.227. The van der Waals surface area contributed by atoms with Gasteiger partial charge in [0.1, 0.15) is 5.82 Å². The van der Waals surface area contributed by atoms with Crippen LogP contribution in [-0.4, -0.2) is 22.1 Å². The summed E-state index contributed by atoms with van der Waals surface area (Å²) in [6, 6.07) is 3.81. The van der Waals surface area contributed by atoms with E-state index in [1.165, 1.54) is 0 Å². The molecule has 0 aromatic carbocycles. The number of nitrogens with one attached hydrogen (secondary N) is 1. The van der Waals surface area contributed by atoms with Gasteiger partial charge in [-0.25, -0.2) is 4.98 Å². The number of nitrogens with zero attached hydrogens (tertiary/aromatic N) is 1. The van der Waals surface area contributed by atoms with Crippen LogP contribution in [0.2, 0.25) is 0 Å². The molecule has 4 nitrogen and oxygen atoms in total. The Morgan fingerprint density at radius 3 is 3.00 bits per heavy atom. The highest BCUT2D eigenvalue weighted by Gasteiger charge is 2.13. The average Bonchev–Trinajstić information content (AvgIpc) is 2.64. The molecule has 1 aliphatic carbocycles. The van der Waals surface area contributed by atoms with Gasteiger partial charge in [-0.3, -0.25) is 4.79 Å². The van der Waals surface area contributed by atoms with E-state index in [1.807, 2.05) is 12.1 Å². The van der Waals surface area contributed by atoms with Crippen molar-refractivity contribution in [1.29, 1.82) is 0 Å². The summed E-state index contributed by atoms with van der Waals surface area (Å²) in [5, 5.41) is 12.4. The molecule has 0 radical (unpaired) electrons. The highest BCUT2D eigenvalue weighted by Crippen LogP contribution is 2.20. The Kier molecular flexibility index (Phi) is 5.30. The maximum atomic E-state index is 12.0. The number of anilines is 1. The fourth-order valence-corrected chi connectivity index (χ4v) is 2.34. The molecule has 2 N–H and O–H groups in total. The number of aliphatic hydroxyl groups excluding tert-OH is 1. The van der Waals surface area contributed by atoms with Crippen LogP contribution in [0.4, 0.5) is 5.82 Å². The maximum absolute atomic E-state index is 12.0. The van der Waals surface area contributed by atoms with Crippen LogP contribution < -0.4 is 5.32 Å². The van der Waals surface area contributed by atoms with Crippen LogP contribution in [0.15, 0.2) is 30.0 Å². The largest absolute Gasteiger partial charge is 0.393 e. The van der Waals surface area contributed by atoms with Gasteiger partial charge in [-0.1, -0.05) is 24.6 Å². The molecular weight excluding hydrogens is 252 g/mol. The average molecular weight is 274 g/mol. The van der Waals surface area contributed by atoms with Gasteiger partial charge in [-0.05, 0) is 43.7 Å². The van der Waals surface area contributed by atoms with E-state index in [-0.39, 0.29) is 12.0 Å². The van der Waals surface area contributed by atoms with E-state index in [1.54, 1.807) is 6.20 Å². The molecule has 0 bridgehead atoms. The summed E-state index contributed by atoms with van der Waals surface area (Å²) in [4.78, 5) is 16.2. The number of carbonyl (C=O) groups is 1. The molecule has 0 fully saturated rings. The van der Waals surface area contributed by atoms with Crippen molar-refractivity contribution in [2.45, 2.75) is 51.6 Å². The van der Waals surface area contributed by atoms with E-state index in [9.17, 15) is 9.90 Å². The molecule has 1 aliphatic rings. The van der Waals surface area contributed by atoms with Gasteiger partial charge in [0.05, 0.1) is 6.10 Å². The zero-order valence-corrected chi connectivity index (χ0v) is 11.9. The number of amides is 1. The second-order valence-corrected chi connectivity index (χ2v) is 5.26. The summed E-state index contributed by atoms with van der Waals surface area (Å²) in [7, 11) is 0. The summed E-state index contributed by atoms with van der Waals surface area (Å²) < 4.78 is 0. The SMILES string of the molecule is CCc1ccc(NC(=O)CC2=CCC[C@H](O)CC2)nc1. The summed E-state index contributed by atoms with van der Waals surface area (Å²) in [6.45, 7) is 2.07. The number of rotatable bonds is 4. The molecule has 0 aliphatic heterocycles. The summed E-state index contributed by atoms with van der Waals surface area (Å²) in [5.41, 5.74) is 2.27. The van der Waals surface area contributed by atoms with Crippen LogP contribution in [-0.2, 0) is 11.2 Å². The topological polar surface area (TPSA) is 62.2 Å². The number of carbonyl (C=O) groups excluding carboxylic acids is 1. The van der Waals surface area contributed by atoms with Gasteiger partial charge < -0.3 is 10.4 Å². The number of hydrogen-bond donors (Lipinski definition) is 2. The number of allylic oxidation sites excluding steroid dienone is 1. The lowest BCUT2D eigenvalue weighted by Gasteiger charge is -2.08. The Labute approximate surface area is 119 Å². The quantitative estimate of drug-likeness (QED) is 0.830. The Balaban J connectivity index is 1.86. The molecular formula is C16H22N2O2. The van der Waals surface area contributed by atoms with Gasteiger partial charge in [0.15, 0.2) is 0 Å². The summed E-state index contributed by atoms with van der Waals surface area (Å²) in [6.07, 6.45) is 8.19. The minimum absolute atomic E-state index is 0.0376. The monoisotopic (exact) mass is 274 g/mol. The van der Waals surface area contributed by atoms with E-state index >= 15 is 0 Å². The molecule has 108 valence electrons. The van der Waals surface area contributed by atoms with Gasteiger partial charge >= 0.3 is 0 Å². The number of aryl methyl sites for hydroxylation is 1. The maximum Gasteiger partial charge on any atom is 0.229 e. The fourth-order valence-electron chi connectivity index (χ4n) is 2.34. The smallest absolute Gasteiger partial charge is 0.229 e. The molecule has 0 saturated heterocycles. The van der Waals surface area contributed by atoms with Crippen LogP contribution >= 0.6 is 0 Å². The van der Waals surface area contributed by atoms with Gasteiger partial charge in [0.25, 0.3) is 0 Å². The van der Waals surface area contributed by atoms with Crippen molar-refractivity contribution in [2.24, 2.45) is 0 Å². The molecule has 1 aromatic rings. The first kappa shape index (κ1) is 14.7. The third kappa shape index (κ3) is 4.46. The molecule has 20 heavy (non-hydrogen) atoms. The van der Waals surface area contributed by atoms with Crippen LogP contribution in [0.25, 0.3) is 0 Å². The van der Waals surface area contributed by atoms with Crippen LogP contribution in [0.3, 0.4) is 0 Å². The number of aromatic nitrogens is 1. The van der Waals surface area contributed by atoms with E-state index in [0.717, 1.165) is 43.2 Å². The second-order valence-electron chi connectivity index (χ2n) is 5.26. The number of hydrogen-bond acceptors (Lipinski definition) is 3. The van der Waals surface area contributed by atoms with Gasteiger partial charge in [0.2, 0.25) is 5.91 Å². The lowest BCUT2D eigenvalue weighted by Crippen LogP contribution is -2.13. The molecule has 1 amide bonds. The first-order chi connectivity index (χ1) is 9.67. The third-order valence-corrected chi connectivity index (χ3v) is 3.62. The molecule has 1 heterocycles.